The van der Waals surface area contributed by atoms with Crippen molar-refractivity contribution in [2.24, 2.45) is 0 Å². The molecule has 1 fully saturated rings. The lowest BCUT2D eigenvalue weighted by Gasteiger charge is -2.26. The van der Waals surface area contributed by atoms with Gasteiger partial charge < -0.3 is 14.5 Å². The highest BCUT2D eigenvalue weighted by atomic mass is 16.1. The van der Waals surface area contributed by atoms with E-state index in [1.54, 1.807) is 6.08 Å². The normalized spacial score (nSPS) is 19.9. The number of aromatic nitrogens is 3. The Hall–Kier alpha value is -2.81. The lowest BCUT2D eigenvalue weighted by atomic mass is 9.95. The number of rotatable bonds is 4. The van der Waals surface area contributed by atoms with E-state index < -0.39 is 0 Å². The van der Waals surface area contributed by atoms with E-state index in [2.05, 4.69) is 45.4 Å². The first kappa shape index (κ1) is 20.5. The number of nitrogens with zero attached hydrogens (tertiary/aromatic N) is 4. The molecule has 1 amide bonds. The largest absolute Gasteiger partial charge is 0.347 e. The molecule has 1 saturated carbocycles. The summed E-state index contributed by atoms with van der Waals surface area (Å²) in [7, 11) is 0. The smallest absolute Gasteiger partial charge is 0.262 e. The van der Waals surface area contributed by atoms with E-state index in [-0.39, 0.29) is 17.5 Å². The molecule has 0 saturated heterocycles. The highest BCUT2D eigenvalue weighted by molar-refractivity contribution is 6.02. The molecule has 1 atom stereocenters. The molecular weight excluding hydrogens is 374 g/mol. The van der Waals surface area contributed by atoms with Crippen molar-refractivity contribution in [2.45, 2.75) is 84.3 Å². The minimum absolute atomic E-state index is 0.0185. The van der Waals surface area contributed by atoms with Crippen LogP contribution >= 0.6 is 0 Å². The van der Waals surface area contributed by atoms with Gasteiger partial charge in [0.1, 0.15) is 17.5 Å². The predicted octanol–water partition coefficient (Wildman–Crippen LogP) is 4.15. The lowest BCUT2D eigenvalue weighted by Crippen LogP contribution is -2.41. The predicted molar refractivity (Wildman–Crippen MR) is 117 cm³/mol. The van der Waals surface area contributed by atoms with Gasteiger partial charge >= 0.3 is 0 Å². The number of nitriles is 1. The number of aryl methyl sites for hydroxylation is 3. The second kappa shape index (κ2) is 8.51. The molecule has 1 aliphatic carbocycles. The molecule has 1 unspecified atom stereocenters. The van der Waals surface area contributed by atoms with Gasteiger partial charge in [-0.05, 0) is 57.7 Å². The minimum Gasteiger partial charge on any atom is -0.347 e. The number of carbonyl (C=O) groups is 1. The standard InChI is InChI=1S/C24H31N5O/c1-16-14-28-15-21(9-10-23(28)26-16)27-24(30)20(13-25)12-19-11-17(2)29(18(19)3)22-7-5-4-6-8-22/h11-12,14,21-22H,4-10,15H2,1-3H3,(H,27,30)/b20-12+. The Balaban J connectivity index is 1.50. The molecule has 0 radical (unpaired) electrons. The van der Waals surface area contributed by atoms with Gasteiger partial charge in [-0.2, -0.15) is 5.26 Å². The third-order valence-corrected chi connectivity index (χ3v) is 6.58. The molecule has 2 aliphatic rings. The van der Waals surface area contributed by atoms with Crippen LogP contribution < -0.4 is 5.32 Å². The number of carbonyl (C=O) groups excluding carboxylic acids is 1. The van der Waals surface area contributed by atoms with Gasteiger partial charge in [0.2, 0.25) is 0 Å². The number of nitrogens with one attached hydrogen (secondary N) is 1. The molecule has 6 nitrogen and oxygen atoms in total. The van der Waals surface area contributed by atoms with Gasteiger partial charge in [0, 0.05) is 42.6 Å². The van der Waals surface area contributed by atoms with Crippen LogP contribution in [0.25, 0.3) is 6.08 Å². The molecule has 0 aromatic carbocycles. The first-order chi connectivity index (χ1) is 14.5. The quantitative estimate of drug-likeness (QED) is 0.613. The zero-order chi connectivity index (χ0) is 21.3. The van der Waals surface area contributed by atoms with Crippen LogP contribution in [-0.4, -0.2) is 26.1 Å². The second-order valence-corrected chi connectivity index (χ2v) is 8.82. The Labute approximate surface area is 178 Å². The van der Waals surface area contributed by atoms with Crippen LogP contribution in [0.5, 0.6) is 0 Å². The highest BCUT2D eigenvalue weighted by Crippen LogP contribution is 2.32. The van der Waals surface area contributed by atoms with E-state index in [1.807, 2.05) is 13.1 Å². The van der Waals surface area contributed by atoms with Crippen LogP contribution in [-0.2, 0) is 17.8 Å². The fourth-order valence-electron chi connectivity index (χ4n) is 5.12. The molecule has 3 heterocycles. The van der Waals surface area contributed by atoms with E-state index >= 15 is 0 Å². The van der Waals surface area contributed by atoms with Gasteiger partial charge in [-0.25, -0.2) is 4.98 Å². The van der Waals surface area contributed by atoms with Gasteiger partial charge in [-0.3, -0.25) is 4.79 Å². The summed E-state index contributed by atoms with van der Waals surface area (Å²) in [6.07, 6.45) is 11.8. The average molecular weight is 406 g/mol. The van der Waals surface area contributed by atoms with Crippen molar-refractivity contribution in [1.82, 2.24) is 19.4 Å². The fourth-order valence-corrected chi connectivity index (χ4v) is 5.12. The van der Waals surface area contributed by atoms with Crippen molar-refractivity contribution < 1.29 is 4.79 Å². The number of hydrogen-bond acceptors (Lipinski definition) is 3. The van der Waals surface area contributed by atoms with E-state index in [0.29, 0.717) is 12.6 Å². The van der Waals surface area contributed by atoms with Crippen LogP contribution in [0.1, 0.15) is 73.0 Å². The number of imidazole rings is 1. The Bertz CT molecular complexity index is 1010. The summed E-state index contributed by atoms with van der Waals surface area (Å²) in [6.45, 7) is 6.91. The van der Waals surface area contributed by atoms with E-state index in [4.69, 9.17) is 0 Å². The molecule has 2 aromatic rings. The molecule has 2 aromatic heterocycles. The van der Waals surface area contributed by atoms with Crippen molar-refractivity contribution in [3.63, 3.8) is 0 Å². The summed E-state index contributed by atoms with van der Waals surface area (Å²) >= 11 is 0. The summed E-state index contributed by atoms with van der Waals surface area (Å²) in [5, 5.41) is 12.7. The van der Waals surface area contributed by atoms with Crippen molar-refractivity contribution in [3.05, 3.63) is 46.3 Å². The lowest BCUT2D eigenvalue weighted by molar-refractivity contribution is -0.117. The maximum absolute atomic E-state index is 12.8. The minimum atomic E-state index is -0.287. The number of amides is 1. The Morgan fingerprint density at radius 1 is 1.23 bits per heavy atom. The third kappa shape index (κ3) is 4.07. The average Bonchev–Trinajstić information content (AvgIpc) is 3.24. The second-order valence-electron chi connectivity index (χ2n) is 8.82. The molecule has 30 heavy (non-hydrogen) atoms. The molecule has 1 aliphatic heterocycles. The first-order valence-corrected chi connectivity index (χ1v) is 11.1. The molecule has 158 valence electrons. The SMILES string of the molecule is Cc1cn2c(n1)CCC(NC(=O)/C(C#N)=C/c1cc(C)n(C3CCCCC3)c1C)C2. The highest BCUT2D eigenvalue weighted by Gasteiger charge is 2.24. The Morgan fingerprint density at radius 3 is 2.73 bits per heavy atom. The maximum atomic E-state index is 12.8. The third-order valence-electron chi connectivity index (χ3n) is 6.58. The van der Waals surface area contributed by atoms with Crippen LogP contribution in [0.4, 0.5) is 0 Å². The maximum Gasteiger partial charge on any atom is 0.262 e. The Kier molecular flexibility index (Phi) is 5.80. The molecule has 6 heteroatoms. The first-order valence-electron chi connectivity index (χ1n) is 11.1. The van der Waals surface area contributed by atoms with Crippen LogP contribution in [0.3, 0.4) is 0 Å². The monoisotopic (exact) mass is 405 g/mol. The van der Waals surface area contributed by atoms with Crippen LogP contribution in [0.2, 0.25) is 0 Å². The summed E-state index contributed by atoms with van der Waals surface area (Å²) in [5.41, 5.74) is 4.50. The summed E-state index contributed by atoms with van der Waals surface area (Å²) in [4.78, 5) is 17.4. The van der Waals surface area contributed by atoms with Crippen molar-refractivity contribution in [2.75, 3.05) is 0 Å². The van der Waals surface area contributed by atoms with Crippen molar-refractivity contribution in [3.8, 4) is 6.07 Å². The van der Waals surface area contributed by atoms with Gasteiger partial charge in [0.05, 0.1) is 5.69 Å². The topological polar surface area (TPSA) is 75.6 Å². The van der Waals surface area contributed by atoms with Gasteiger partial charge in [0.15, 0.2) is 0 Å². The Morgan fingerprint density at radius 2 is 2.00 bits per heavy atom. The zero-order valence-corrected chi connectivity index (χ0v) is 18.2. The van der Waals surface area contributed by atoms with Gasteiger partial charge in [-0.1, -0.05) is 19.3 Å². The molecule has 0 spiro atoms. The van der Waals surface area contributed by atoms with E-state index in [9.17, 15) is 10.1 Å². The van der Waals surface area contributed by atoms with Crippen LogP contribution in [0, 0.1) is 32.1 Å². The molecule has 4 rings (SSSR count). The van der Waals surface area contributed by atoms with Gasteiger partial charge in [-0.15, -0.1) is 0 Å². The molecular formula is C24H31N5O. The van der Waals surface area contributed by atoms with E-state index in [1.165, 1.54) is 37.8 Å². The summed E-state index contributed by atoms with van der Waals surface area (Å²) in [6, 6.07) is 4.78. The van der Waals surface area contributed by atoms with Crippen molar-refractivity contribution >= 4 is 12.0 Å². The number of hydrogen-bond donors (Lipinski definition) is 1. The van der Waals surface area contributed by atoms with Crippen molar-refractivity contribution in [1.29, 1.82) is 5.26 Å². The van der Waals surface area contributed by atoms with E-state index in [0.717, 1.165) is 35.6 Å². The zero-order valence-electron chi connectivity index (χ0n) is 18.2. The van der Waals surface area contributed by atoms with Gasteiger partial charge in [0.25, 0.3) is 5.91 Å². The molecule has 0 bridgehead atoms. The summed E-state index contributed by atoms with van der Waals surface area (Å²) in [5.74, 6) is 0.787. The summed E-state index contributed by atoms with van der Waals surface area (Å²) < 4.78 is 4.51. The molecule has 1 N–H and O–H groups in total. The fraction of sp³-hybridized carbons (Fsp3) is 0.542. The number of fused-ring (bicyclic) bond motifs is 1. The van der Waals surface area contributed by atoms with Crippen LogP contribution in [0.15, 0.2) is 17.8 Å².